The van der Waals surface area contributed by atoms with Crippen molar-refractivity contribution in [3.05, 3.63) is 11.6 Å². The first-order chi connectivity index (χ1) is 5.34. The van der Waals surface area contributed by atoms with Gasteiger partial charge in [-0.05, 0) is 13.8 Å². The van der Waals surface area contributed by atoms with Crippen molar-refractivity contribution >= 4 is 40.7 Å². The smallest absolute Gasteiger partial charge is 0.272 e. The summed E-state index contributed by atoms with van der Waals surface area (Å²) in [5.74, 6) is -0.606. The minimum Gasteiger partial charge on any atom is -0.349 e. The lowest BCUT2D eigenvalue weighted by Crippen LogP contribution is -2.34. The van der Waals surface area contributed by atoms with E-state index in [-0.39, 0.29) is 0 Å². The Kier molecular flexibility index (Phi) is 4.98. The van der Waals surface area contributed by atoms with Crippen molar-refractivity contribution in [2.45, 2.75) is 17.6 Å². The van der Waals surface area contributed by atoms with Gasteiger partial charge in [-0.3, -0.25) is 4.79 Å². The van der Waals surface area contributed by atoms with Gasteiger partial charge in [0.15, 0.2) is 0 Å². The number of carbonyl (C=O) groups is 1. The first kappa shape index (κ1) is 12.1. The van der Waals surface area contributed by atoms with Crippen molar-refractivity contribution < 1.29 is 4.79 Å². The fraction of sp³-hybridized carbons (Fsp3) is 0.571. The third kappa shape index (κ3) is 5.70. The van der Waals surface area contributed by atoms with Crippen LogP contribution in [-0.2, 0) is 4.79 Å². The van der Waals surface area contributed by atoms with Crippen LogP contribution in [0.15, 0.2) is 11.6 Å². The first-order valence-corrected chi connectivity index (χ1v) is 4.46. The van der Waals surface area contributed by atoms with Gasteiger partial charge < -0.3 is 5.32 Å². The van der Waals surface area contributed by atoms with Crippen LogP contribution in [-0.4, -0.2) is 16.2 Å². The number of allylic oxidation sites excluding steroid dienone is 1. The van der Waals surface area contributed by atoms with Crippen molar-refractivity contribution in [2.75, 3.05) is 6.54 Å². The van der Waals surface area contributed by atoms with Crippen LogP contribution in [0, 0.1) is 0 Å². The van der Waals surface area contributed by atoms with Gasteiger partial charge in [0.2, 0.25) is 0 Å². The molecule has 0 bridgehead atoms. The number of amides is 1. The fourth-order valence-corrected chi connectivity index (χ4v) is 0.649. The van der Waals surface area contributed by atoms with Gasteiger partial charge in [-0.25, -0.2) is 0 Å². The number of halogens is 3. The second-order valence-corrected chi connectivity index (χ2v) is 4.77. The van der Waals surface area contributed by atoms with Gasteiger partial charge in [-0.2, -0.15) is 0 Å². The van der Waals surface area contributed by atoms with Gasteiger partial charge in [0.25, 0.3) is 9.70 Å². The molecule has 0 aliphatic heterocycles. The molecule has 2 nitrogen and oxygen atoms in total. The molecule has 0 unspecified atom stereocenters. The molecule has 70 valence electrons. The van der Waals surface area contributed by atoms with Crippen LogP contribution < -0.4 is 5.32 Å². The lowest BCUT2D eigenvalue weighted by molar-refractivity contribution is -0.120. The number of hydrogen-bond acceptors (Lipinski definition) is 1. The molecule has 0 fully saturated rings. The van der Waals surface area contributed by atoms with Gasteiger partial charge in [-0.15, -0.1) is 0 Å². The van der Waals surface area contributed by atoms with E-state index < -0.39 is 9.70 Å². The molecule has 0 spiro atoms. The van der Waals surface area contributed by atoms with E-state index in [1.807, 2.05) is 19.9 Å². The molecule has 0 aromatic carbocycles. The molecule has 0 aliphatic carbocycles. The number of hydrogen-bond donors (Lipinski definition) is 1. The SMILES string of the molecule is CC(C)=CCNC(=O)C(Cl)(Cl)Cl. The zero-order valence-corrected chi connectivity index (χ0v) is 9.09. The standard InChI is InChI=1S/C7H10Cl3NO/c1-5(2)3-4-11-6(12)7(8,9)10/h3H,4H2,1-2H3,(H,11,12). The summed E-state index contributed by atoms with van der Waals surface area (Å²) in [6, 6.07) is 0. The monoisotopic (exact) mass is 229 g/mol. The maximum absolute atomic E-state index is 10.9. The van der Waals surface area contributed by atoms with E-state index >= 15 is 0 Å². The zero-order valence-electron chi connectivity index (χ0n) is 6.83. The molecule has 1 N–H and O–H groups in total. The molecule has 0 atom stereocenters. The number of carbonyl (C=O) groups excluding carboxylic acids is 1. The summed E-state index contributed by atoms with van der Waals surface area (Å²) in [6.07, 6.45) is 1.83. The van der Waals surface area contributed by atoms with Gasteiger partial charge in [0, 0.05) is 6.54 Å². The van der Waals surface area contributed by atoms with Crippen LogP contribution in [0.1, 0.15) is 13.8 Å². The third-order valence-corrected chi connectivity index (χ3v) is 1.55. The Hall–Kier alpha value is 0.0800. The van der Waals surface area contributed by atoms with Crippen LogP contribution in [0.4, 0.5) is 0 Å². The lowest BCUT2D eigenvalue weighted by Gasteiger charge is -2.09. The summed E-state index contributed by atoms with van der Waals surface area (Å²) in [5, 5.41) is 2.44. The van der Waals surface area contributed by atoms with Crippen LogP contribution in [0.2, 0.25) is 0 Å². The summed E-state index contributed by atoms with van der Waals surface area (Å²) >= 11 is 15.9. The van der Waals surface area contributed by atoms with E-state index in [4.69, 9.17) is 34.8 Å². The van der Waals surface area contributed by atoms with E-state index in [1.54, 1.807) is 0 Å². The highest BCUT2D eigenvalue weighted by Gasteiger charge is 2.29. The zero-order chi connectivity index (χ0) is 9.78. The summed E-state index contributed by atoms with van der Waals surface area (Å²) in [6.45, 7) is 4.22. The molecule has 0 rings (SSSR count). The van der Waals surface area contributed by atoms with Crippen molar-refractivity contribution in [1.29, 1.82) is 0 Å². The second-order valence-electron chi connectivity index (χ2n) is 2.49. The molecule has 0 aromatic rings. The average Bonchev–Trinajstić information content (AvgIpc) is 1.84. The largest absolute Gasteiger partial charge is 0.349 e. The predicted molar refractivity (Wildman–Crippen MR) is 52.7 cm³/mol. The van der Waals surface area contributed by atoms with Gasteiger partial charge in [-0.1, -0.05) is 46.5 Å². The van der Waals surface area contributed by atoms with Crippen molar-refractivity contribution in [2.24, 2.45) is 0 Å². The minimum atomic E-state index is -1.87. The van der Waals surface area contributed by atoms with Gasteiger partial charge in [0.05, 0.1) is 0 Å². The van der Waals surface area contributed by atoms with E-state index in [2.05, 4.69) is 5.32 Å². The molecule has 0 aromatic heterocycles. The Labute approximate surface area is 86.9 Å². The Morgan fingerprint density at radius 3 is 2.25 bits per heavy atom. The van der Waals surface area contributed by atoms with E-state index in [9.17, 15) is 4.79 Å². The van der Waals surface area contributed by atoms with Crippen LogP contribution >= 0.6 is 34.8 Å². The quantitative estimate of drug-likeness (QED) is 0.573. The maximum atomic E-state index is 10.9. The van der Waals surface area contributed by atoms with Gasteiger partial charge in [0.1, 0.15) is 0 Å². The molecule has 0 radical (unpaired) electrons. The molecular weight excluding hydrogens is 220 g/mol. The van der Waals surface area contributed by atoms with E-state index in [0.29, 0.717) is 6.54 Å². The number of nitrogens with one attached hydrogen (secondary N) is 1. The number of alkyl halides is 3. The Morgan fingerprint density at radius 1 is 1.42 bits per heavy atom. The molecule has 0 saturated carbocycles. The minimum absolute atomic E-state index is 0.384. The van der Waals surface area contributed by atoms with Gasteiger partial charge >= 0.3 is 0 Å². The highest BCUT2D eigenvalue weighted by atomic mass is 35.6. The predicted octanol–water partition coefficient (Wildman–Crippen LogP) is 2.44. The fourth-order valence-electron chi connectivity index (χ4n) is 0.448. The molecule has 1 amide bonds. The number of rotatable bonds is 2. The molecule has 12 heavy (non-hydrogen) atoms. The lowest BCUT2D eigenvalue weighted by atomic mass is 10.3. The molecule has 0 heterocycles. The Bertz CT molecular complexity index is 191. The van der Waals surface area contributed by atoms with Crippen LogP contribution in [0.5, 0.6) is 0 Å². The second kappa shape index (κ2) is 4.95. The average molecular weight is 231 g/mol. The topological polar surface area (TPSA) is 29.1 Å². The third-order valence-electron chi connectivity index (χ3n) is 1.03. The highest BCUT2D eigenvalue weighted by molar-refractivity contribution is 6.76. The first-order valence-electron chi connectivity index (χ1n) is 3.32. The maximum Gasteiger partial charge on any atom is 0.272 e. The molecule has 0 aliphatic rings. The summed E-state index contributed by atoms with van der Waals surface area (Å²) in [4.78, 5) is 10.9. The van der Waals surface area contributed by atoms with Crippen molar-refractivity contribution in [3.8, 4) is 0 Å². The molecular formula is C7H10Cl3NO. The van der Waals surface area contributed by atoms with Crippen molar-refractivity contribution in [3.63, 3.8) is 0 Å². The van der Waals surface area contributed by atoms with Crippen LogP contribution in [0.3, 0.4) is 0 Å². The highest BCUT2D eigenvalue weighted by Crippen LogP contribution is 2.25. The normalized spacial score (nSPS) is 10.8. The van der Waals surface area contributed by atoms with E-state index in [1.165, 1.54) is 0 Å². The molecule has 0 saturated heterocycles. The summed E-state index contributed by atoms with van der Waals surface area (Å²) < 4.78 is -1.87. The summed E-state index contributed by atoms with van der Waals surface area (Å²) in [5.41, 5.74) is 1.10. The Morgan fingerprint density at radius 2 is 1.92 bits per heavy atom. The molecule has 5 heteroatoms. The van der Waals surface area contributed by atoms with E-state index in [0.717, 1.165) is 5.57 Å². The van der Waals surface area contributed by atoms with Crippen LogP contribution in [0.25, 0.3) is 0 Å². The Balaban J connectivity index is 3.82. The summed E-state index contributed by atoms with van der Waals surface area (Å²) in [7, 11) is 0. The van der Waals surface area contributed by atoms with Crippen molar-refractivity contribution in [1.82, 2.24) is 5.32 Å².